The highest BCUT2D eigenvalue weighted by Gasteiger charge is 2.28. The van der Waals surface area contributed by atoms with Crippen LogP contribution >= 0.6 is 11.6 Å². The van der Waals surface area contributed by atoms with Crippen molar-refractivity contribution < 1.29 is 14.9 Å². The van der Waals surface area contributed by atoms with Crippen molar-refractivity contribution in [1.29, 1.82) is 0 Å². The molecule has 2 unspecified atom stereocenters. The average Bonchev–Trinajstić information content (AvgIpc) is 3.71. The molecule has 0 saturated carbocycles. The van der Waals surface area contributed by atoms with Gasteiger partial charge >= 0.3 is 0 Å². The third kappa shape index (κ3) is 7.76. The summed E-state index contributed by atoms with van der Waals surface area (Å²) in [7, 11) is 0. The van der Waals surface area contributed by atoms with E-state index in [2.05, 4.69) is 76.5 Å². The first kappa shape index (κ1) is 35.2. The normalized spacial score (nSPS) is 12.9. The van der Waals surface area contributed by atoms with Gasteiger partial charge in [-0.25, -0.2) is 4.98 Å². The Morgan fingerprint density at radius 3 is 2.44 bits per heavy atom. The number of nitrogens with zero attached hydrogens (tertiary/aromatic N) is 8. The zero-order valence-electron chi connectivity index (χ0n) is 28.3. The molecule has 0 spiro atoms. The summed E-state index contributed by atoms with van der Waals surface area (Å²) in [5.74, 6) is 1.23. The highest BCUT2D eigenvalue weighted by molar-refractivity contribution is 6.30. The largest absolute Gasteiger partial charge is 0.506 e. The molecule has 0 fully saturated rings. The fourth-order valence-corrected chi connectivity index (χ4v) is 6.24. The molecule has 11 nitrogen and oxygen atoms in total. The maximum atomic E-state index is 11.7. The van der Waals surface area contributed by atoms with E-state index in [1.54, 1.807) is 16.9 Å². The summed E-state index contributed by atoms with van der Waals surface area (Å²) in [5.41, 5.74) is 5.12. The first-order valence-corrected chi connectivity index (χ1v) is 17.1. The molecule has 3 aromatic heterocycles. The molecule has 5 aromatic rings. The van der Waals surface area contributed by atoms with Crippen molar-refractivity contribution >= 4 is 11.6 Å². The van der Waals surface area contributed by atoms with Crippen LogP contribution in [0.3, 0.4) is 0 Å². The quantitative estimate of drug-likeness (QED) is 0.116. The number of halogens is 1. The number of rotatable bonds is 16. The first-order chi connectivity index (χ1) is 23.3. The van der Waals surface area contributed by atoms with Crippen molar-refractivity contribution in [2.75, 3.05) is 19.7 Å². The lowest BCUT2D eigenvalue weighted by Crippen LogP contribution is -2.22. The minimum atomic E-state index is -1.30. The van der Waals surface area contributed by atoms with Crippen LogP contribution in [0.2, 0.25) is 5.15 Å². The molecule has 0 radical (unpaired) electrons. The SMILES string of the molecule is CCCCc1nc(Cl)c(C(O)c2ncc(CN(CC)CC)cc2O)n1Cc1ccc(-c2ccccc2)c(-c2nnnn2C(C)OCC)c1. The van der Waals surface area contributed by atoms with Crippen LogP contribution in [0.15, 0.2) is 60.8 Å². The van der Waals surface area contributed by atoms with Crippen molar-refractivity contribution in [3.63, 3.8) is 0 Å². The molecular formula is C36H45ClN8O3. The van der Waals surface area contributed by atoms with Crippen LogP contribution in [0, 0.1) is 0 Å². The molecule has 48 heavy (non-hydrogen) atoms. The zero-order valence-corrected chi connectivity index (χ0v) is 29.1. The topological polar surface area (TPSA) is 127 Å². The van der Waals surface area contributed by atoms with Crippen LogP contribution in [0.1, 0.15) is 88.1 Å². The van der Waals surface area contributed by atoms with Gasteiger partial charge in [0.2, 0.25) is 0 Å². The number of aliphatic hydroxyl groups excluding tert-OH is 1. The van der Waals surface area contributed by atoms with Gasteiger partial charge < -0.3 is 19.5 Å². The smallest absolute Gasteiger partial charge is 0.185 e. The molecule has 12 heteroatoms. The van der Waals surface area contributed by atoms with Gasteiger partial charge in [-0.2, -0.15) is 4.68 Å². The van der Waals surface area contributed by atoms with Crippen LogP contribution in [-0.2, 0) is 24.2 Å². The van der Waals surface area contributed by atoms with Crippen LogP contribution in [0.5, 0.6) is 5.75 Å². The standard InChI is InChI=1S/C36H45ClN8O3/c1-6-10-16-31-39-35(37)33(34(47)32-30(46)20-26(21-38-32)22-43(7-2)8-3)44(31)23-25-17-18-28(27-14-12-11-13-15-27)29(19-25)36-40-41-42-45(36)24(5)48-9-4/h11-15,17-21,24,34,46-47H,6-10,16,22-23H2,1-5H3. The van der Waals surface area contributed by atoms with Gasteiger partial charge in [0.15, 0.2) is 17.2 Å². The molecule has 0 aliphatic heterocycles. The number of aliphatic hydroxyl groups is 1. The molecule has 0 aliphatic carbocycles. The highest BCUT2D eigenvalue weighted by atomic mass is 35.5. The number of hydrogen-bond acceptors (Lipinski definition) is 9. The third-order valence-electron chi connectivity index (χ3n) is 8.56. The molecule has 2 atom stereocenters. The minimum absolute atomic E-state index is 0.0872. The molecule has 0 saturated heterocycles. The number of tetrazole rings is 1. The molecule has 5 rings (SSSR count). The van der Waals surface area contributed by atoms with Crippen molar-refractivity contribution in [2.45, 2.75) is 79.3 Å². The predicted molar refractivity (Wildman–Crippen MR) is 187 cm³/mol. The number of ether oxygens (including phenoxy) is 1. The van der Waals surface area contributed by atoms with E-state index in [0.717, 1.165) is 59.6 Å². The number of benzene rings is 2. The summed E-state index contributed by atoms with van der Waals surface area (Å²) >= 11 is 6.78. The summed E-state index contributed by atoms with van der Waals surface area (Å²) in [6.07, 6.45) is 2.56. The third-order valence-corrected chi connectivity index (χ3v) is 8.84. The van der Waals surface area contributed by atoms with Gasteiger partial charge in [-0.1, -0.05) is 81.3 Å². The van der Waals surface area contributed by atoms with Gasteiger partial charge in [0, 0.05) is 37.9 Å². The number of aryl methyl sites for hydroxylation is 1. The first-order valence-electron chi connectivity index (χ1n) is 16.7. The van der Waals surface area contributed by atoms with E-state index in [9.17, 15) is 10.2 Å². The van der Waals surface area contributed by atoms with E-state index >= 15 is 0 Å². The fourth-order valence-electron chi connectivity index (χ4n) is 5.94. The maximum Gasteiger partial charge on any atom is 0.185 e. The number of hydrogen-bond donors (Lipinski definition) is 2. The molecule has 0 amide bonds. The molecule has 2 N–H and O–H groups in total. The Hall–Kier alpha value is -4.16. The maximum absolute atomic E-state index is 11.7. The van der Waals surface area contributed by atoms with Crippen molar-refractivity contribution in [1.82, 2.24) is 39.6 Å². The Bertz CT molecular complexity index is 1790. The van der Waals surface area contributed by atoms with Crippen LogP contribution in [0.25, 0.3) is 22.5 Å². The van der Waals surface area contributed by atoms with Gasteiger partial charge in [-0.3, -0.25) is 9.88 Å². The van der Waals surface area contributed by atoms with Crippen LogP contribution in [0.4, 0.5) is 0 Å². The Labute approximate surface area is 287 Å². The van der Waals surface area contributed by atoms with E-state index in [0.29, 0.717) is 37.6 Å². The number of aromatic hydroxyl groups is 1. The molecule has 0 bridgehead atoms. The fraction of sp³-hybridized carbons (Fsp3) is 0.417. The lowest BCUT2D eigenvalue weighted by atomic mass is 9.96. The number of imidazole rings is 1. The summed E-state index contributed by atoms with van der Waals surface area (Å²) < 4.78 is 9.47. The second kappa shape index (κ2) is 16.3. The predicted octanol–water partition coefficient (Wildman–Crippen LogP) is 6.83. The van der Waals surface area contributed by atoms with Gasteiger partial charge in [0.05, 0.1) is 5.69 Å². The molecule has 3 heterocycles. The van der Waals surface area contributed by atoms with Gasteiger partial charge in [0.1, 0.15) is 23.4 Å². The van der Waals surface area contributed by atoms with Crippen molar-refractivity contribution in [3.05, 3.63) is 94.3 Å². The summed E-state index contributed by atoms with van der Waals surface area (Å²) in [4.78, 5) is 11.4. The minimum Gasteiger partial charge on any atom is -0.506 e. The highest BCUT2D eigenvalue weighted by Crippen LogP contribution is 2.36. The van der Waals surface area contributed by atoms with E-state index in [1.165, 1.54) is 0 Å². The summed E-state index contributed by atoms with van der Waals surface area (Å²) in [5, 5.41) is 35.6. The average molecular weight is 673 g/mol. The number of pyridine rings is 1. The number of unbranched alkanes of at least 4 members (excludes halogenated alkanes) is 1. The Morgan fingerprint density at radius 1 is 0.979 bits per heavy atom. The van der Waals surface area contributed by atoms with Gasteiger partial charge in [-0.15, -0.1) is 5.10 Å². The second-order valence-electron chi connectivity index (χ2n) is 11.8. The lowest BCUT2D eigenvalue weighted by Gasteiger charge is -2.20. The van der Waals surface area contributed by atoms with Gasteiger partial charge in [-0.05, 0) is 78.2 Å². The van der Waals surface area contributed by atoms with Crippen molar-refractivity contribution in [2.24, 2.45) is 0 Å². The van der Waals surface area contributed by atoms with Crippen LogP contribution in [-0.4, -0.2) is 69.6 Å². The molecular weight excluding hydrogens is 628 g/mol. The van der Waals surface area contributed by atoms with Crippen molar-refractivity contribution in [3.8, 4) is 28.3 Å². The summed E-state index contributed by atoms with van der Waals surface area (Å²) in [6.45, 7) is 13.4. The lowest BCUT2D eigenvalue weighted by molar-refractivity contribution is 0.0159. The molecule has 2 aromatic carbocycles. The Morgan fingerprint density at radius 2 is 1.75 bits per heavy atom. The van der Waals surface area contributed by atoms with E-state index in [1.807, 2.05) is 36.6 Å². The Balaban J connectivity index is 1.58. The summed E-state index contributed by atoms with van der Waals surface area (Å²) in [6, 6.07) is 17.9. The van der Waals surface area contributed by atoms with E-state index < -0.39 is 6.10 Å². The van der Waals surface area contributed by atoms with E-state index in [-0.39, 0.29) is 22.8 Å². The monoisotopic (exact) mass is 672 g/mol. The van der Waals surface area contributed by atoms with E-state index in [4.69, 9.17) is 21.3 Å². The zero-order chi connectivity index (χ0) is 34.2. The van der Waals surface area contributed by atoms with Crippen LogP contribution < -0.4 is 0 Å². The Kier molecular flexibility index (Phi) is 11.9. The second-order valence-corrected chi connectivity index (χ2v) is 12.1. The number of aromatic nitrogens is 7. The van der Waals surface area contributed by atoms with Gasteiger partial charge in [0.25, 0.3) is 0 Å². The molecule has 254 valence electrons. The molecule has 0 aliphatic rings.